The van der Waals surface area contributed by atoms with Crippen LogP contribution in [0.15, 0.2) is 24.3 Å². The Morgan fingerprint density at radius 2 is 2.35 bits per heavy atom. The number of ether oxygens (including phenoxy) is 1. The molecule has 1 aromatic rings. The fourth-order valence-corrected chi connectivity index (χ4v) is 2.77. The monoisotopic (exact) mass is 297 g/mol. The first-order valence-corrected chi connectivity index (χ1v) is 7.24. The van der Waals surface area contributed by atoms with Crippen LogP contribution in [0.1, 0.15) is 20.3 Å². The lowest BCUT2D eigenvalue weighted by molar-refractivity contribution is -0.139. The van der Waals surface area contributed by atoms with Gasteiger partial charge in [0.2, 0.25) is 0 Å². The Kier molecular flexibility index (Phi) is 4.89. The van der Waals surface area contributed by atoms with E-state index >= 15 is 0 Å². The van der Waals surface area contributed by atoms with Gasteiger partial charge in [0.15, 0.2) is 6.10 Å². The standard InChI is InChI=1S/C15H20ClNO3/c1-10-6-7-17(14(10)9-18)15(19)11(2)20-13-5-3-4-12(16)8-13/h3-5,8,10-11,14,18H,6-7,9H2,1-2H3. The molecule has 1 aromatic carbocycles. The van der Waals surface area contributed by atoms with E-state index in [1.54, 1.807) is 36.1 Å². The van der Waals surface area contributed by atoms with Gasteiger partial charge in [-0.3, -0.25) is 4.79 Å². The van der Waals surface area contributed by atoms with Gasteiger partial charge in [0.05, 0.1) is 12.6 Å². The molecule has 3 unspecified atom stereocenters. The zero-order chi connectivity index (χ0) is 14.7. The van der Waals surface area contributed by atoms with Gasteiger partial charge in [-0.15, -0.1) is 0 Å². The number of aliphatic hydroxyl groups excluding tert-OH is 1. The van der Waals surface area contributed by atoms with E-state index in [2.05, 4.69) is 6.92 Å². The van der Waals surface area contributed by atoms with Crippen molar-refractivity contribution < 1.29 is 14.6 Å². The maximum atomic E-state index is 12.4. The quantitative estimate of drug-likeness (QED) is 0.928. The van der Waals surface area contributed by atoms with Gasteiger partial charge in [-0.1, -0.05) is 24.6 Å². The molecule has 2 rings (SSSR count). The summed E-state index contributed by atoms with van der Waals surface area (Å²) in [5.74, 6) is 0.807. The summed E-state index contributed by atoms with van der Waals surface area (Å²) in [5, 5.41) is 9.99. The Morgan fingerprint density at radius 1 is 1.60 bits per heavy atom. The van der Waals surface area contributed by atoms with Gasteiger partial charge in [-0.25, -0.2) is 0 Å². The number of benzene rings is 1. The predicted octanol–water partition coefficient (Wildman–Crippen LogP) is 2.34. The van der Waals surface area contributed by atoms with Crippen molar-refractivity contribution in [3.63, 3.8) is 0 Å². The SMILES string of the molecule is CC(Oc1cccc(Cl)c1)C(=O)N1CCC(C)C1CO. The molecule has 4 nitrogen and oxygen atoms in total. The highest BCUT2D eigenvalue weighted by Gasteiger charge is 2.36. The summed E-state index contributed by atoms with van der Waals surface area (Å²) in [6.45, 7) is 4.45. The van der Waals surface area contributed by atoms with Crippen LogP contribution in [0.2, 0.25) is 5.02 Å². The summed E-state index contributed by atoms with van der Waals surface area (Å²) in [7, 11) is 0. The number of amides is 1. The van der Waals surface area contributed by atoms with Gasteiger partial charge in [-0.05, 0) is 37.5 Å². The van der Waals surface area contributed by atoms with Gasteiger partial charge in [-0.2, -0.15) is 0 Å². The van der Waals surface area contributed by atoms with Crippen molar-refractivity contribution in [1.29, 1.82) is 0 Å². The number of hydrogen-bond donors (Lipinski definition) is 1. The molecule has 0 bridgehead atoms. The molecule has 20 heavy (non-hydrogen) atoms. The molecule has 1 amide bonds. The summed E-state index contributed by atoms with van der Waals surface area (Å²) in [6, 6.07) is 6.88. The largest absolute Gasteiger partial charge is 0.481 e. The zero-order valence-electron chi connectivity index (χ0n) is 11.8. The molecule has 0 aliphatic carbocycles. The molecule has 5 heteroatoms. The second kappa shape index (κ2) is 6.46. The van der Waals surface area contributed by atoms with Crippen molar-refractivity contribution in [3.05, 3.63) is 29.3 Å². The molecule has 1 aliphatic rings. The Balaban J connectivity index is 2.02. The number of likely N-dealkylation sites (tertiary alicyclic amines) is 1. The average molecular weight is 298 g/mol. The summed E-state index contributed by atoms with van der Waals surface area (Å²) in [5.41, 5.74) is 0. The van der Waals surface area contributed by atoms with E-state index in [1.807, 2.05) is 0 Å². The lowest BCUT2D eigenvalue weighted by Crippen LogP contribution is -2.45. The maximum absolute atomic E-state index is 12.4. The number of hydrogen-bond acceptors (Lipinski definition) is 3. The number of rotatable bonds is 4. The van der Waals surface area contributed by atoms with Crippen LogP contribution in [0.5, 0.6) is 5.75 Å². The number of halogens is 1. The van der Waals surface area contributed by atoms with Gasteiger partial charge in [0.1, 0.15) is 5.75 Å². The minimum atomic E-state index is -0.590. The average Bonchev–Trinajstić information content (AvgIpc) is 2.78. The van der Waals surface area contributed by atoms with Crippen molar-refractivity contribution in [1.82, 2.24) is 4.90 Å². The highest BCUT2D eigenvalue weighted by atomic mass is 35.5. The van der Waals surface area contributed by atoms with Gasteiger partial charge < -0.3 is 14.7 Å². The fraction of sp³-hybridized carbons (Fsp3) is 0.533. The number of aliphatic hydroxyl groups is 1. The lowest BCUT2D eigenvalue weighted by atomic mass is 10.0. The van der Waals surface area contributed by atoms with E-state index in [-0.39, 0.29) is 18.6 Å². The van der Waals surface area contributed by atoms with Crippen LogP contribution in [-0.4, -0.2) is 41.2 Å². The molecular weight excluding hydrogens is 278 g/mol. The van der Waals surface area contributed by atoms with Crippen molar-refractivity contribution in [2.24, 2.45) is 5.92 Å². The lowest BCUT2D eigenvalue weighted by Gasteiger charge is -2.28. The van der Waals surface area contributed by atoms with Crippen LogP contribution in [0, 0.1) is 5.92 Å². The topological polar surface area (TPSA) is 49.8 Å². The van der Waals surface area contributed by atoms with Crippen molar-refractivity contribution in [2.75, 3.05) is 13.2 Å². The van der Waals surface area contributed by atoms with E-state index in [9.17, 15) is 9.90 Å². The summed E-state index contributed by atoms with van der Waals surface area (Å²) in [6.07, 6.45) is 0.328. The van der Waals surface area contributed by atoms with Gasteiger partial charge in [0.25, 0.3) is 5.91 Å². The second-order valence-electron chi connectivity index (χ2n) is 5.26. The smallest absolute Gasteiger partial charge is 0.263 e. The first-order chi connectivity index (χ1) is 9.52. The van der Waals surface area contributed by atoms with E-state index in [0.717, 1.165) is 6.42 Å². The molecule has 1 aliphatic heterocycles. The highest BCUT2D eigenvalue weighted by Crippen LogP contribution is 2.25. The van der Waals surface area contributed by atoms with Crippen LogP contribution in [-0.2, 0) is 4.79 Å². The highest BCUT2D eigenvalue weighted by molar-refractivity contribution is 6.30. The van der Waals surface area contributed by atoms with Crippen molar-refractivity contribution >= 4 is 17.5 Å². The van der Waals surface area contributed by atoms with E-state index in [1.165, 1.54) is 0 Å². The normalized spacial score (nSPS) is 23.7. The molecule has 1 N–H and O–H groups in total. The molecule has 3 atom stereocenters. The first-order valence-electron chi connectivity index (χ1n) is 6.86. The van der Waals surface area contributed by atoms with Crippen LogP contribution < -0.4 is 4.74 Å². The fourth-order valence-electron chi connectivity index (χ4n) is 2.59. The van der Waals surface area contributed by atoms with Crippen molar-refractivity contribution in [2.45, 2.75) is 32.4 Å². The molecular formula is C15H20ClNO3. The van der Waals surface area contributed by atoms with Gasteiger partial charge >= 0.3 is 0 Å². The molecule has 0 spiro atoms. The molecule has 0 radical (unpaired) electrons. The molecule has 110 valence electrons. The Morgan fingerprint density at radius 3 is 3.00 bits per heavy atom. The molecule has 0 aromatic heterocycles. The van der Waals surface area contributed by atoms with Crippen molar-refractivity contribution in [3.8, 4) is 5.75 Å². The minimum absolute atomic E-state index is 0.00318. The number of carbonyl (C=O) groups excluding carboxylic acids is 1. The van der Waals surface area contributed by atoms with Crippen LogP contribution in [0.25, 0.3) is 0 Å². The Bertz CT molecular complexity index is 480. The van der Waals surface area contributed by atoms with Crippen LogP contribution >= 0.6 is 11.6 Å². The summed E-state index contributed by atoms with van der Waals surface area (Å²) in [4.78, 5) is 14.1. The first kappa shape index (κ1) is 15.1. The van der Waals surface area contributed by atoms with E-state index < -0.39 is 6.10 Å². The van der Waals surface area contributed by atoms with Gasteiger partial charge in [0, 0.05) is 11.6 Å². The Hall–Kier alpha value is -1.26. The van der Waals surface area contributed by atoms with Crippen LogP contribution in [0.3, 0.4) is 0 Å². The molecule has 1 saturated heterocycles. The second-order valence-corrected chi connectivity index (χ2v) is 5.70. The molecule has 1 heterocycles. The predicted molar refractivity (Wildman–Crippen MR) is 77.9 cm³/mol. The Labute approximate surface area is 124 Å². The third kappa shape index (κ3) is 3.25. The summed E-state index contributed by atoms with van der Waals surface area (Å²) >= 11 is 5.89. The number of carbonyl (C=O) groups is 1. The van der Waals surface area contributed by atoms with Crippen LogP contribution in [0.4, 0.5) is 0 Å². The molecule has 1 fully saturated rings. The third-order valence-corrected chi connectivity index (χ3v) is 4.04. The third-order valence-electron chi connectivity index (χ3n) is 3.81. The van der Waals surface area contributed by atoms with E-state index in [4.69, 9.17) is 16.3 Å². The van der Waals surface area contributed by atoms with E-state index in [0.29, 0.717) is 23.2 Å². The zero-order valence-corrected chi connectivity index (χ0v) is 12.5. The molecule has 0 saturated carbocycles. The maximum Gasteiger partial charge on any atom is 0.263 e. The number of nitrogens with zero attached hydrogens (tertiary/aromatic N) is 1. The minimum Gasteiger partial charge on any atom is -0.481 e. The summed E-state index contributed by atoms with van der Waals surface area (Å²) < 4.78 is 5.64.